The number of hydrogen-bond donors (Lipinski definition) is 3. The first kappa shape index (κ1) is 28.8. The molecule has 0 aliphatic carbocycles. The van der Waals surface area contributed by atoms with Gasteiger partial charge in [-0.25, -0.2) is 9.97 Å². The van der Waals surface area contributed by atoms with E-state index in [1.807, 2.05) is 37.3 Å². The van der Waals surface area contributed by atoms with E-state index in [4.69, 9.17) is 19.4 Å². The summed E-state index contributed by atoms with van der Waals surface area (Å²) in [5.41, 5.74) is 1.64. The van der Waals surface area contributed by atoms with Crippen LogP contribution in [0.25, 0.3) is 0 Å². The summed E-state index contributed by atoms with van der Waals surface area (Å²) in [6.45, 7) is 8.12. The number of rotatable bonds is 10. The van der Waals surface area contributed by atoms with Gasteiger partial charge in [-0.05, 0) is 55.8 Å². The van der Waals surface area contributed by atoms with Crippen molar-refractivity contribution in [3.8, 4) is 5.75 Å². The Labute approximate surface area is 243 Å². The summed E-state index contributed by atoms with van der Waals surface area (Å²) in [5, 5.41) is 13.8. The number of benzene rings is 1. The molecule has 2 aromatic heterocycles. The van der Waals surface area contributed by atoms with E-state index in [0.717, 1.165) is 42.2 Å². The monoisotopic (exact) mass is 580 g/mol. The van der Waals surface area contributed by atoms with Crippen molar-refractivity contribution in [1.82, 2.24) is 25.1 Å². The fraction of sp³-hybridized carbons (Fsp3) is 0.464. The maximum atomic E-state index is 12.8. The summed E-state index contributed by atoms with van der Waals surface area (Å²) in [6, 6.07) is 9.42. The molecule has 0 radical (unpaired) electrons. The number of piperazine rings is 1. The molecule has 0 atom stereocenters. The number of carbonyl (C=O) groups excluding carboxylic acids is 2. The molecule has 3 aromatic rings. The first-order valence-corrected chi connectivity index (χ1v) is 14.6. The number of aromatic amines is 1. The Morgan fingerprint density at radius 2 is 1.85 bits per heavy atom. The van der Waals surface area contributed by atoms with Gasteiger partial charge in [0.2, 0.25) is 11.7 Å². The second-order valence-corrected chi connectivity index (χ2v) is 11.2. The molecule has 0 spiro atoms. The lowest BCUT2D eigenvalue weighted by molar-refractivity contribution is -0.127. The number of H-pyrrole nitrogens is 1. The van der Waals surface area contributed by atoms with Gasteiger partial charge < -0.3 is 25.0 Å². The van der Waals surface area contributed by atoms with Gasteiger partial charge in [-0.2, -0.15) is 5.10 Å². The molecule has 3 N–H and O–H groups in total. The fourth-order valence-corrected chi connectivity index (χ4v) is 5.71. The summed E-state index contributed by atoms with van der Waals surface area (Å²) in [5.74, 6) is 2.65. The maximum absolute atomic E-state index is 12.8. The standard InChI is InChI=1S/C28H36N8O4S/c1-18-16-24(34-33-18)30-26-25(39-3)27(32-28(31-26)41-22-6-4-21(5-7-22)29-19(2)37)36-12-10-35(11-13-36)17-23(38)20-8-14-40-15-9-20/h4-7,16,20H,8-15,17H2,1-3H3,(H,29,37)(H2,30,31,32,33,34). The fourth-order valence-electron chi connectivity index (χ4n) is 4.96. The summed E-state index contributed by atoms with van der Waals surface area (Å²) >= 11 is 1.42. The van der Waals surface area contributed by atoms with Crippen LogP contribution in [0.4, 0.5) is 23.1 Å². The zero-order chi connectivity index (χ0) is 28.8. The van der Waals surface area contributed by atoms with Crippen LogP contribution in [-0.2, 0) is 14.3 Å². The number of aromatic nitrogens is 4. The Morgan fingerprint density at radius 1 is 1.12 bits per heavy atom. The molecule has 13 heteroatoms. The van der Waals surface area contributed by atoms with E-state index in [1.165, 1.54) is 18.7 Å². The number of amides is 1. The number of hydrogen-bond acceptors (Lipinski definition) is 11. The van der Waals surface area contributed by atoms with Gasteiger partial charge in [-0.1, -0.05) is 0 Å². The lowest BCUT2D eigenvalue weighted by Crippen LogP contribution is -2.49. The van der Waals surface area contributed by atoms with Crippen molar-refractivity contribution in [2.75, 3.05) is 68.6 Å². The molecule has 1 aromatic carbocycles. The minimum atomic E-state index is -0.120. The van der Waals surface area contributed by atoms with Crippen LogP contribution in [0, 0.1) is 12.8 Å². The molecular weight excluding hydrogens is 544 g/mol. The van der Waals surface area contributed by atoms with E-state index in [1.54, 1.807) is 7.11 Å². The average molecular weight is 581 g/mol. The van der Waals surface area contributed by atoms with Crippen LogP contribution >= 0.6 is 11.8 Å². The van der Waals surface area contributed by atoms with Gasteiger partial charge in [0, 0.05) is 74.6 Å². The molecule has 0 unspecified atom stereocenters. The van der Waals surface area contributed by atoms with Gasteiger partial charge in [-0.15, -0.1) is 0 Å². The van der Waals surface area contributed by atoms with E-state index >= 15 is 0 Å². The molecule has 4 heterocycles. The molecule has 2 fully saturated rings. The molecule has 0 saturated carbocycles. The normalized spacial score (nSPS) is 16.4. The average Bonchev–Trinajstić information content (AvgIpc) is 3.38. The van der Waals surface area contributed by atoms with Gasteiger partial charge in [0.1, 0.15) is 5.78 Å². The SMILES string of the molecule is COc1c(Nc2cc(C)[nH]n2)nc(Sc2ccc(NC(C)=O)cc2)nc1N1CCN(CC(=O)C2CCOCC2)CC1. The molecule has 218 valence electrons. The van der Waals surface area contributed by atoms with Crippen LogP contribution in [0.15, 0.2) is 40.4 Å². The minimum absolute atomic E-state index is 0.106. The number of ether oxygens (including phenoxy) is 2. The Kier molecular flexibility index (Phi) is 9.37. The van der Waals surface area contributed by atoms with Crippen LogP contribution in [0.1, 0.15) is 25.5 Å². The van der Waals surface area contributed by atoms with E-state index in [-0.39, 0.29) is 11.8 Å². The quantitative estimate of drug-likeness (QED) is 0.304. The van der Waals surface area contributed by atoms with Crippen molar-refractivity contribution in [3.63, 3.8) is 0 Å². The van der Waals surface area contributed by atoms with Crippen LogP contribution in [0.5, 0.6) is 5.75 Å². The molecule has 12 nitrogen and oxygen atoms in total. The molecule has 5 rings (SSSR count). The highest BCUT2D eigenvalue weighted by atomic mass is 32.2. The highest BCUT2D eigenvalue weighted by Gasteiger charge is 2.28. The van der Waals surface area contributed by atoms with E-state index in [0.29, 0.717) is 67.0 Å². The number of methoxy groups -OCH3 is 1. The zero-order valence-electron chi connectivity index (χ0n) is 23.6. The number of aryl methyl sites for hydroxylation is 1. The van der Waals surface area contributed by atoms with Gasteiger partial charge in [0.05, 0.1) is 13.7 Å². The lowest BCUT2D eigenvalue weighted by Gasteiger charge is -2.36. The molecule has 2 saturated heterocycles. The van der Waals surface area contributed by atoms with Crippen molar-refractivity contribution in [2.45, 2.75) is 36.7 Å². The number of carbonyl (C=O) groups is 2. The van der Waals surface area contributed by atoms with Gasteiger partial charge in [-0.3, -0.25) is 19.6 Å². The second-order valence-electron chi connectivity index (χ2n) is 10.2. The predicted molar refractivity (Wildman–Crippen MR) is 157 cm³/mol. The van der Waals surface area contributed by atoms with Crippen molar-refractivity contribution in [2.24, 2.45) is 5.92 Å². The smallest absolute Gasteiger partial charge is 0.221 e. The maximum Gasteiger partial charge on any atom is 0.221 e. The molecule has 1 amide bonds. The molecule has 2 aliphatic rings. The largest absolute Gasteiger partial charge is 0.490 e. The van der Waals surface area contributed by atoms with Crippen LogP contribution < -0.4 is 20.3 Å². The van der Waals surface area contributed by atoms with E-state index < -0.39 is 0 Å². The number of ketones is 1. The van der Waals surface area contributed by atoms with Crippen molar-refractivity contribution < 1.29 is 19.1 Å². The number of nitrogens with zero attached hydrogens (tertiary/aromatic N) is 5. The van der Waals surface area contributed by atoms with Gasteiger partial charge in [0.25, 0.3) is 0 Å². The van der Waals surface area contributed by atoms with Crippen LogP contribution in [0.3, 0.4) is 0 Å². The first-order valence-electron chi connectivity index (χ1n) is 13.8. The number of nitrogens with one attached hydrogen (secondary N) is 3. The van der Waals surface area contributed by atoms with E-state index in [2.05, 4.69) is 30.6 Å². The third kappa shape index (κ3) is 7.54. The topological polar surface area (TPSA) is 138 Å². The Bertz CT molecular complexity index is 1350. The van der Waals surface area contributed by atoms with Crippen molar-refractivity contribution in [1.29, 1.82) is 0 Å². The predicted octanol–water partition coefficient (Wildman–Crippen LogP) is 3.49. The summed E-state index contributed by atoms with van der Waals surface area (Å²) in [7, 11) is 1.61. The zero-order valence-corrected chi connectivity index (χ0v) is 24.4. The third-order valence-electron chi connectivity index (χ3n) is 7.10. The molecule has 2 aliphatic heterocycles. The first-order chi connectivity index (χ1) is 19.9. The Balaban J connectivity index is 1.35. The highest BCUT2D eigenvalue weighted by molar-refractivity contribution is 7.99. The number of anilines is 4. The minimum Gasteiger partial charge on any atom is -0.490 e. The van der Waals surface area contributed by atoms with Crippen LogP contribution in [-0.4, -0.2) is 89.8 Å². The lowest BCUT2D eigenvalue weighted by atomic mass is 9.95. The Morgan fingerprint density at radius 3 is 2.49 bits per heavy atom. The van der Waals surface area contributed by atoms with Gasteiger partial charge >= 0.3 is 0 Å². The highest BCUT2D eigenvalue weighted by Crippen LogP contribution is 2.38. The van der Waals surface area contributed by atoms with Gasteiger partial charge in [0.15, 0.2) is 22.6 Å². The second kappa shape index (κ2) is 13.3. The van der Waals surface area contributed by atoms with Crippen LogP contribution in [0.2, 0.25) is 0 Å². The Hall–Kier alpha value is -3.68. The number of Topliss-reactive ketones (excluding diaryl/α,β-unsaturated/α-hetero) is 1. The summed E-state index contributed by atoms with van der Waals surface area (Å²) < 4.78 is 11.3. The summed E-state index contributed by atoms with van der Waals surface area (Å²) in [4.78, 5) is 39.2. The third-order valence-corrected chi connectivity index (χ3v) is 7.97. The van der Waals surface area contributed by atoms with Crippen molar-refractivity contribution in [3.05, 3.63) is 36.0 Å². The molecular formula is C28H36N8O4S. The summed E-state index contributed by atoms with van der Waals surface area (Å²) in [6.07, 6.45) is 1.64. The van der Waals surface area contributed by atoms with Crippen molar-refractivity contribution >= 4 is 46.6 Å². The van der Waals surface area contributed by atoms with E-state index in [9.17, 15) is 9.59 Å². The molecule has 41 heavy (non-hydrogen) atoms. The molecule has 0 bridgehead atoms.